The van der Waals surface area contributed by atoms with Crippen molar-refractivity contribution in [2.75, 3.05) is 13.2 Å². The van der Waals surface area contributed by atoms with Gasteiger partial charge in [0.25, 0.3) is 5.91 Å². The van der Waals surface area contributed by atoms with Crippen LogP contribution in [0.1, 0.15) is 11.5 Å². The molecular weight excluding hydrogens is 292 g/mol. The molecule has 2 aromatic rings. The van der Waals surface area contributed by atoms with Gasteiger partial charge in [0.1, 0.15) is 10.7 Å². The zero-order valence-electron chi connectivity index (χ0n) is 11.1. The van der Waals surface area contributed by atoms with E-state index in [-0.39, 0.29) is 12.5 Å². The highest BCUT2D eigenvalue weighted by atomic mass is 32.1. The number of benzene rings is 1. The molecule has 0 spiro atoms. The highest BCUT2D eigenvalue weighted by molar-refractivity contribution is 7.80. The molecule has 0 aliphatic carbocycles. The van der Waals surface area contributed by atoms with E-state index in [4.69, 9.17) is 27.2 Å². The summed E-state index contributed by atoms with van der Waals surface area (Å²) in [6, 6.07) is 6.90. The van der Waals surface area contributed by atoms with E-state index in [1.54, 1.807) is 24.3 Å². The smallest absolute Gasteiger partial charge is 0.257 e. The van der Waals surface area contributed by atoms with Crippen LogP contribution in [0.5, 0.6) is 5.75 Å². The maximum absolute atomic E-state index is 11.6. The van der Waals surface area contributed by atoms with Crippen LogP contribution in [0.25, 0.3) is 0 Å². The van der Waals surface area contributed by atoms with Gasteiger partial charge in [-0.2, -0.15) is 4.98 Å². The number of hydrogen-bond donors (Lipinski definition) is 2. The van der Waals surface area contributed by atoms with Gasteiger partial charge < -0.3 is 20.3 Å². The molecule has 110 valence electrons. The number of ether oxygens (including phenoxy) is 1. The Morgan fingerprint density at radius 1 is 1.38 bits per heavy atom. The molecule has 0 aliphatic rings. The van der Waals surface area contributed by atoms with Crippen LogP contribution >= 0.6 is 12.2 Å². The van der Waals surface area contributed by atoms with Crippen molar-refractivity contribution in [2.45, 2.75) is 6.42 Å². The first-order valence-electron chi connectivity index (χ1n) is 6.20. The molecule has 1 heterocycles. The molecule has 2 rings (SSSR count). The fraction of sp³-hybridized carbons (Fsp3) is 0.231. The summed E-state index contributed by atoms with van der Waals surface area (Å²) >= 11 is 4.85. The highest BCUT2D eigenvalue weighted by Gasteiger charge is 2.05. The molecule has 1 aromatic carbocycles. The topological polar surface area (TPSA) is 103 Å². The number of aromatic nitrogens is 2. The van der Waals surface area contributed by atoms with Crippen LogP contribution in [0, 0.1) is 0 Å². The van der Waals surface area contributed by atoms with Gasteiger partial charge >= 0.3 is 0 Å². The SMILES string of the molecule is NC(=S)c1ccc(OCC(=O)NCCc2ncno2)cc1. The maximum atomic E-state index is 11.6. The van der Waals surface area contributed by atoms with Gasteiger partial charge in [0, 0.05) is 18.5 Å². The first-order chi connectivity index (χ1) is 10.1. The zero-order valence-corrected chi connectivity index (χ0v) is 11.9. The third kappa shape index (κ3) is 4.84. The van der Waals surface area contributed by atoms with Crippen molar-refractivity contribution in [1.82, 2.24) is 15.5 Å². The van der Waals surface area contributed by atoms with Crippen LogP contribution in [0.4, 0.5) is 0 Å². The van der Waals surface area contributed by atoms with Gasteiger partial charge in [-0.3, -0.25) is 4.79 Å². The highest BCUT2D eigenvalue weighted by Crippen LogP contribution is 2.11. The van der Waals surface area contributed by atoms with Crippen LogP contribution in [0.3, 0.4) is 0 Å². The number of nitrogens with one attached hydrogen (secondary N) is 1. The first kappa shape index (κ1) is 14.9. The third-order valence-electron chi connectivity index (χ3n) is 2.58. The van der Waals surface area contributed by atoms with Crippen LogP contribution in [-0.2, 0) is 11.2 Å². The number of rotatable bonds is 7. The molecule has 0 saturated carbocycles. The molecule has 0 fully saturated rings. The van der Waals surface area contributed by atoms with Gasteiger partial charge in [-0.05, 0) is 24.3 Å². The van der Waals surface area contributed by atoms with E-state index in [0.717, 1.165) is 5.56 Å². The van der Waals surface area contributed by atoms with Crippen molar-refractivity contribution >= 4 is 23.1 Å². The van der Waals surface area contributed by atoms with Crippen molar-refractivity contribution in [3.05, 3.63) is 42.0 Å². The fourth-order valence-corrected chi connectivity index (χ4v) is 1.67. The summed E-state index contributed by atoms with van der Waals surface area (Å²) in [6.45, 7) is 0.334. The zero-order chi connectivity index (χ0) is 15.1. The molecule has 0 unspecified atom stereocenters. The van der Waals surface area contributed by atoms with Crippen LogP contribution in [0.15, 0.2) is 35.1 Å². The van der Waals surface area contributed by atoms with Crippen molar-refractivity contribution in [2.24, 2.45) is 5.73 Å². The molecule has 0 aliphatic heterocycles. The summed E-state index contributed by atoms with van der Waals surface area (Å²) in [7, 11) is 0. The van der Waals surface area contributed by atoms with Gasteiger partial charge in [0.05, 0.1) is 0 Å². The molecule has 0 radical (unpaired) electrons. The Morgan fingerprint density at radius 2 is 2.14 bits per heavy atom. The second kappa shape index (κ2) is 7.34. The summed E-state index contributed by atoms with van der Waals surface area (Å²) in [6.07, 6.45) is 1.80. The van der Waals surface area contributed by atoms with E-state index in [1.165, 1.54) is 6.33 Å². The van der Waals surface area contributed by atoms with E-state index < -0.39 is 0 Å². The Bertz CT molecular complexity index is 598. The van der Waals surface area contributed by atoms with E-state index in [2.05, 4.69) is 15.5 Å². The molecule has 3 N–H and O–H groups in total. The number of nitrogens with zero attached hydrogens (tertiary/aromatic N) is 2. The number of amides is 1. The molecule has 0 bridgehead atoms. The van der Waals surface area contributed by atoms with Gasteiger partial charge in [-0.1, -0.05) is 17.4 Å². The number of nitrogens with two attached hydrogens (primary N) is 1. The average Bonchev–Trinajstić information content (AvgIpc) is 2.99. The van der Waals surface area contributed by atoms with Gasteiger partial charge in [0.15, 0.2) is 12.9 Å². The molecular formula is C13H14N4O3S. The van der Waals surface area contributed by atoms with Crippen molar-refractivity contribution < 1.29 is 14.1 Å². The Hall–Kier alpha value is -2.48. The van der Waals surface area contributed by atoms with Crippen molar-refractivity contribution in [3.8, 4) is 5.75 Å². The van der Waals surface area contributed by atoms with Crippen LogP contribution in [0.2, 0.25) is 0 Å². The van der Waals surface area contributed by atoms with Gasteiger partial charge in [-0.25, -0.2) is 0 Å². The summed E-state index contributed by atoms with van der Waals surface area (Å²) in [5, 5.41) is 6.16. The normalized spacial score (nSPS) is 10.1. The van der Waals surface area contributed by atoms with E-state index >= 15 is 0 Å². The lowest BCUT2D eigenvalue weighted by atomic mass is 10.2. The van der Waals surface area contributed by atoms with Crippen LogP contribution < -0.4 is 15.8 Å². The molecule has 0 atom stereocenters. The average molecular weight is 306 g/mol. The van der Waals surface area contributed by atoms with Gasteiger partial charge in [0.2, 0.25) is 5.89 Å². The predicted molar refractivity (Wildman–Crippen MR) is 78.8 cm³/mol. The molecule has 7 nitrogen and oxygen atoms in total. The number of carbonyl (C=O) groups excluding carboxylic acids is 1. The van der Waals surface area contributed by atoms with Crippen LogP contribution in [-0.4, -0.2) is 34.2 Å². The molecule has 0 saturated heterocycles. The van der Waals surface area contributed by atoms with Crippen molar-refractivity contribution in [1.29, 1.82) is 0 Å². The predicted octanol–water partition coefficient (Wildman–Crippen LogP) is 0.441. The van der Waals surface area contributed by atoms with E-state index in [0.29, 0.717) is 29.6 Å². The minimum atomic E-state index is -0.229. The standard InChI is InChI=1S/C13H14N4O3S/c14-13(21)9-1-3-10(4-2-9)19-7-11(18)15-6-5-12-16-8-17-20-12/h1-4,8H,5-7H2,(H2,14,21)(H,15,18). The Labute approximate surface area is 126 Å². The monoisotopic (exact) mass is 306 g/mol. The summed E-state index contributed by atoms with van der Waals surface area (Å²) < 4.78 is 10.2. The van der Waals surface area contributed by atoms with Gasteiger partial charge in [-0.15, -0.1) is 0 Å². The third-order valence-corrected chi connectivity index (χ3v) is 2.81. The second-order valence-electron chi connectivity index (χ2n) is 4.11. The Balaban J connectivity index is 1.69. The molecule has 1 aromatic heterocycles. The quantitative estimate of drug-likeness (QED) is 0.715. The first-order valence-corrected chi connectivity index (χ1v) is 6.61. The minimum absolute atomic E-state index is 0.0732. The molecule has 1 amide bonds. The fourth-order valence-electron chi connectivity index (χ4n) is 1.53. The Morgan fingerprint density at radius 3 is 2.76 bits per heavy atom. The number of thiocarbonyl (C=S) groups is 1. The maximum Gasteiger partial charge on any atom is 0.257 e. The lowest BCUT2D eigenvalue weighted by Crippen LogP contribution is -2.30. The van der Waals surface area contributed by atoms with Crippen molar-refractivity contribution in [3.63, 3.8) is 0 Å². The number of carbonyl (C=O) groups is 1. The molecule has 8 heteroatoms. The lowest BCUT2D eigenvalue weighted by Gasteiger charge is -2.07. The largest absolute Gasteiger partial charge is 0.484 e. The Kier molecular flexibility index (Phi) is 5.22. The van der Waals surface area contributed by atoms with E-state index in [1.807, 2.05) is 0 Å². The summed E-state index contributed by atoms with van der Waals surface area (Å²) in [5.41, 5.74) is 6.24. The summed E-state index contributed by atoms with van der Waals surface area (Å²) in [5.74, 6) is 0.819. The minimum Gasteiger partial charge on any atom is -0.484 e. The second-order valence-corrected chi connectivity index (χ2v) is 4.55. The number of hydrogen-bond acceptors (Lipinski definition) is 6. The summed E-state index contributed by atoms with van der Waals surface area (Å²) in [4.78, 5) is 15.7. The lowest BCUT2D eigenvalue weighted by molar-refractivity contribution is -0.123. The van der Waals surface area contributed by atoms with E-state index in [9.17, 15) is 4.79 Å². The molecule has 21 heavy (non-hydrogen) atoms.